The lowest BCUT2D eigenvalue weighted by molar-refractivity contribution is -0.140. The van der Waals surface area contributed by atoms with E-state index in [1.807, 2.05) is 13.8 Å². The van der Waals surface area contributed by atoms with Crippen molar-refractivity contribution in [2.24, 2.45) is 5.92 Å². The van der Waals surface area contributed by atoms with E-state index in [1.165, 1.54) is 12.1 Å². The number of benzene rings is 3. The summed E-state index contributed by atoms with van der Waals surface area (Å²) in [5, 5.41) is 15.1. The predicted molar refractivity (Wildman–Crippen MR) is 169 cm³/mol. The van der Waals surface area contributed by atoms with Crippen molar-refractivity contribution in [3.05, 3.63) is 102 Å². The lowest BCUT2D eigenvalue weighted by Crippen LogP contribution is -2.49. The van der Waals surface area contributed by atoms with E-state index in [2.05, 4.69) is 10.6 Å². The highest BCUT2D eigenvalue weighted by Crippen LogP contribution is 2.36. The first kappa shape index (κ1) is 34.1. The van der Waals surface area contributed by atoms with Crippen LogP contribution in [0.15, 0.2) is 84.9 Å². The maximum absolute atomic E-state index is 13.6. The number of aliphatic carboxylic acids is 1. The molecule has 0 radical (unpaired) electrons. The van der Waals surface area contributed by atoms with Gasteiger partial charge in [-0.15, -0.1) is 0 Å². The Bertz CT molecular complexity index is 1430. The molecular formula is C33H39N3O7P+. The number of anilines is 1. The fourth-order valence-electron chi connectivity index (χ4n) is 5.11. The van der Waals surface area contributed by atoms with Crippen molar-refractivity contribution in [3.63, 3.8) is 0 Å². The van der Waals surface area contributed by atoms with Gasteiger partial charge in [0.1, 0.15) is 5.92 Å². The Morgan fingerprint density at radius 1 is 0.841 bits per heavy atom. The van der Waals surface area contributed by atoms with Gasteiger partial charge in [0.05, 0.1) is 12.5 Å². The van der Waals surface area contributed by atoms with Gasteiger partial charge >= 0.3 is 14.0 Å². The van der Waals surface area contributed by atoms with Crippen LogP contribution < -0.4 is 10.6 Å². The first-order valence-corrected chi connectivity index (χ1v) is 15.9. The molecule has 0 aromatic heterocycles. The van der Waals surface area contributed by atoms with Crippen LogP contribution in [0.25, 0.3) is 0 Å². The number of nitrogens with zero attached hydrogens (tertiary/aromatic N) is 1. The van der Waals surface area contributed by atoms with Gasteiger partial charge in [-0.1, -0.05) is 68.4 Å². The summed E-state index contributed by atoms with van der Waals surface area (Å²) in [7, 11) is -3.16. The van der Waals surface area contributed by atoms with Crippen molar-refractivity contribution in [1.29, 1.82) is 0 Å². The van der Waals surface area contributed by atoms with Gasteiger partial charge in [-0.2, -0.15) is 4.89 Å². The van der Waals surface area contributed by atoms with Crippen LogP contribution in [0, 0.1) is 5.92 Å². The minimum Gasteiger partial charge on any atom is -0.481 e. The van der Waals surface area contributed by atoms with Crippen LogP contribution in [0.4, 0.5) is 5.69 Å². The zero-order chi connectivity index (χ0) is 32.1. The predicted octanol–water partition coefficient (Wildman–Crippen LogP) is 5.12. The summed E-state index contributed by atoms with van der Waals surface area (Å²) >= 11 is 0. The molecule has 0 aliphatic rings. The summed E-state index contributed by atoms with van der Waals surface area (Å²) in [5.41, 5.74) is 0.122. The molecule has 10 nitrogen and oxygen atoms in total. The highest BCUT2D eigenvalue weighted by atomic mass is 31.1. The number of hydrogen-bond donors (Lipinski definition) is 4. The van der Waals surface area contributed by atoms with Crippen LogP contribution in [-0.2, 0) is 20.6 Å². The van der Waals surface area contributed by atoms with Gasteiger partial charge in [0, 0.05) is 29.9 Å². The lowest BCUT2D eigenvalue weighted by atomic mass is 9.90. The fraction of sp³-hybridized carbons (Fsp3) is 0.333. The van der Waals surface area contributed by atoms with E-state index in [0.717, 1.165) is 12.8 Å². The van der Waals surface area contributed by atoms with E-state index >= 15 is 0 Å². The molecule has 232 valence electrons. The summed E-state index contributed by atoms with van der Waals surface area (Å²) in [6.07, 6.45) is 0.875. The standard InChI is InChI=1S/C33H38N3O7P/c1-3-18-36(19-4-2)33(41)25-15-11-14-24(21-25)31(39)35-28(20-23-12-7-5-8-13-23)30(44(42)43)27(22-29(37)38)32(40)34-26-16-9-6-10-17-26/h5-17,21,27-28,30H,3-4,18-20,22H2,1-2H3,(H3-,34,35,37,38,39,40,42,43)/p+1. The number of amides is 3. The third-order valence-electron chi connectivity index (χ3n) is 7.11. The Hall–Kier alpha value is -4.40. The maximum Gasteiger partial charge on any atom is 0.511 e. The molecule has 0 spiro atoms. The number of hydrogen-bond acceptors (Lipinski definition) is 5. The molecule has 11 heteroatoms. The number of nitrogens with one attached hydrogen (secondary N) is 2. The molecule has 0 aliphatic heterocycles. The first-order valence-electron chi connectivity index (χ1n) is 14.6. The number of carboxylic acids is 1. The second-order valence-corrected chi connectivity index (χ2v) is 11.7. The number of carboxylic acid groups (broad SMARTS) is 1. The highest BCUT2D eigenvalue weighted by Gasteiger charge is 2.49. The second-order valence-electron chi connectivity index (χ2n) is 10.5. The largest absolute Gasteiger partial charge is 0.511 e. The Labute approximate surface area is 258 Å². The maximum atomic E-state index is 13.6. The van der Waals surface area contributed by atoms with Crippen molar-refractivity contribution in [1.82, 2.24) is 10.2 Å². The van der Waals surface area contributed by atoms with Crippen molar-refractivity contribution >= 4 is 37.4 Å². The lowest BCUT2D eigenvalue weighted by Gasteiger charge is -2.26. The monoisotopic (exact) mass is 620 g/mol. The smallest absolute Gasteiger partial charge is 0.481 e. The molecule has 3 aromatic rings. The molecule has 4 atom stereocenters. The number of rotatable bonds is 16. The van der Waals surface area contributed by atoms with Crippen LogP contribution in [0.3, 0.4) is 0 Å². The quantitative estimate of drug-likeness (QED) is 0.162. The Morgan fingerprint density at radius 2 is 1.43 bits per heavy atom. The topological polar surface area (TPSA) is 153 Å². The molecule has 3 aromatic carbocycles. The van der Waals surface area contributed by atoms with Gasteiger partial charge < -0.3 is 20.6 Å². The number of carbonyl (C=O) groups is 4. The summed E-state index contributed by atoms with van der Waals surface area (Å²) in [4.78, 5) is 64.4. The van der Waals surface area contributed by atoms with E-state index in [1.54, 1.807) is 77.7 Å². The fourth-order valence-corrected chi connectivity index (χ4v) is 6.15. The molecule has 4 N–H and O–H groups in total. The molecule has 0 saturated carbocycles. The molecule has 0 aliphatic carbocycles. The summed E-state index contributed by atoms with van der Waals surface area (Å²) in [6.45, 7) is 5.10. The summed E-state index contributed by atoms with van der Waals surface area (Å²) < 4.78 is 12.9. The van der Waals surface area contributed by atoms with Gasteiger partial charge in [-0.05, 0) is 59.7 Å². The van der Waals surface area contributed by atoms with E-state index in [9.17, 15) is 33.7 Å². The average molecular weight is 621 g/mol. The van der Waals surface area contributed by atoms with Crippen molar-refractivity contribution in [3.8, 4) is 0 Å². The van der Waals surface area contributed by atoms with Gasteiger partial charge in [0.25, 0.3) is 11.8 Å². The molecule has 3 amide bonds. The molecule has 3 rings (SSSR count). The molecular weight excluding hydrogens is 581 g/mol. The van der Waals surface area contributed by atoms with Crippen LogP contribution in [0.1, 0.15) is 59.4 Å². The van der Waals surface area contributed by atoms with Crippen LogP contribution >= 0.6 is 8.03 Å². The SMILES string of the molecule is CCCN(CCC)C(=O)c1cccc(C(=O)NC(Cc2ccccc2)C(C(CC(=O)O)C(=O)Nc2ccccc2)[P+](=O)O)c1. The van der Waals surface area contributed by atoms with Crippen LogP contribution in [0.2, 0.25) is 0 Å². The van der Waals surface area contributed by atoms with Crippen LogP contribution in [0.5, 0.6) is 0 Å². The molecule has 4 unspecified atom stereocenters. The molecule has 0 saturated heterocycles. The van der Waals surface area contributed by atoms with Crippen molar-refractivity contribution < 1.29 is 33.7 Å². The molecule has 0 heterocycles. The van der Waals surface area contributed by atoms with Crippen molar-refractivity contribution in [2.45, 2.75) is 51.2 Å². The van der Waals surface area contributed by atoms with E-state index in [4.69, 9.17) is 0 Å². The molecule has 0 bridgehead atoms. The molecule has 44 heavy (non-hydrogen) atoms. The van der Waals surface area contributed by atoms with Crippen molar-refractivity contribution in [2.75, 3.05) is 18.4 Å². The second kappa shape index (κ2) is 17.0. The van der Waals surface area contributed by atoms with Crippen LogP contribution in [-0.4, -0.2) is 63.4 Å². The zero-order valence-electron chi connectivity index (χ0n) is 24.9. The Kier molecular flexibility index (Phi) is 13.2. The van der Waals surface area contributed by atoms with Gasteiger partial charge in [0.2, 0.25) is 11.6 Å². The normalized spacial score (nSPS) is 13.2. The summed E-state index contributed by atoms with van der Waals surface area (Å²) in [6, 6.07) is 22.3. The van der Waals surface area contributed by atoms with Gasteiger partial charge in [-0.25, -0.2) is 0 Å². The Morgan fingerprint density at radius 3 is 2.00 bits per heavy atom. The third-order valence-corrected chi connectivity index (χ3v) is 8.34. The van der Waals surface area contributed by atoms with E-state index in [0.29, 0.717) is 29.9 Å². The number of para-hydroxylation sites is 1. The van der Waals surface area contributed by atoms with E-state index in [-0.39, 0.29) is 17.9 Å². The van der Waals surface area contributed by atoms with E-state index < -0.39 is 49.9 Å². The third kappa shape index (κ3) is 9.82. The van der Waals surface area contributed by atoms with Gasteiger partial charge in [0.15, 0.2) is 0 Å². The molecule has 0 fully saturated rings. The summed E-state index contributed by atoms with van der Waals surface area (Å²) in [5.74, 6) is -4.38. The first-order chi connectivity index (χ1) is 21.1. The number of carbonyl (C=O) groups excluding carboxylic acids is 3. The zero-order valence-corrected chi connectivity index (χ0v) is 25.8. The minimum atomic E-state index is -3.16. The van der Waals surface area contributed by atoms with Gasteiger partial charge in [-0.3, -0.25) is 19.2 Å². The highest BCUT2D eigenvalue weighted by molar-refractivity contribution is 7.39. The average Bonchev–Trinajstić information content (AvgIpc) is 3.01. The Balaban J connectivity index is 1.98. The minimum absolute atomic E-state index is 0.0486.